The number of hydrogen-bond donors (Lipinski definition) is 2. The zero-order chi connectivity index (χ0) is 15.1. The van der Waals surface area contributed by atoms with Crippen LogP contribution < -0.4 is 14.8 Å². The van der Waals surface area contributed by atoms with Gasteiger partial charge >= 0.3 is 0 Å². The van der Waals surface area contributed by atoms with Gasteiger partial charge in [0.1, 0.15) is 6.61 Å². The summed E-state index contributed by atoms with van der Waals surface area (Å²) in [4.78, 5) is 0. The van der Waals surface area contributed by atoms with Gasteiger partial charge in [-0.25, -0.2) is 0 Å². The quantitative estimate of drug-likeness (QED) is 0.759. The van der Waals surface area contributed by atoms with Gasteiger partial charge in [-0.15, -0.1) is 0 Å². The molecule has 1 aromatic carbocycles. The van der Waals surface area contributed by atoms with Crippen LogP contribution in [-0.4, -0.2) is 37.5 Å². The van der Waals surface area contributed by atoms with Crippen molar-refractivity contribution in [3.8, 4) is 11.5 Å². The Labute approximate surface area is 127 Å². The number of aliphatic hydroxyl groups excluding tert-OH is 1. The number of hydrogen-bond acceptors (Lipinski definition) is 4. The topological polar surface area (TPSA) is 50.7 Å². The van der Waals surface area contributed by atoms with Gasteiger partial charge in [-0.05, 0) is 43.7 Å². The van der Waals surface area contributed by atoms with Crippen molar-refractivity contribution in [2.75, 3.05) is 26.9 Å². The van der Waals surface area contributed by atoms with Crippen LogP contribution in [0.4, 0.5) is 0 Å². The van der Waals surface area contributed by atoms with E-state index >= 15 is 0 Å². The van der Waals surface area contributed by atoms with Gasteiger partial charge in [0.2, 0.25) is 0 Å². The van der Waals surface area contributed by atoms with Crippen molar-refractivity contribution in [1.82, 2.24) is 5.32 Å². The fourth-order valence-electron chi connectivity index (χ4n) is 2.92. The Morgan fingerprint density at radius 2 is 1.90 bits per heavy atom. The fraction of sp³-hybridized carbons (Fsp3) is 0.647. The highest BCUT2D eigenvalue weighted by atomic mass is 16.5. The number of rotatable bonds is 7. The van der Waals surface area contributed by atoms with Gasteiger partial charge in [0.05, 0.1) is 13.7 Å². The zero-order valence-electron chi connectivity index (χ0n) is 13.1. The highest BCUT2D eigenvalue weighted by molar-refractivity contribution is 5.39. The Bertz CT molecular complexity index is 428. The van der Waals surface area contributed by atoms with Crippen LogP contribution >= 0.6 is 0 Å². The summed E-state index contributed by atoms with van der Waals surface area (Å²) in [5, 5.41) is 13.2. The van der Waals surface area contributed by atoms with Crippen LogP contribution in [0.15, 0.2) is 24.3 Å². The largest absolute Gasteiger partial charge is 0.493 e. The van der Waals surface area contributed by atoms with Crippen LogP contribution in [0, 0.1) is 5.92 Å². The minimum atomic E-state index is -0.114. The Morgan fingerprint density at radius 1 is 1.24 bits per heavy atom. The molecule has 0 aliphatic heterocycles. The molecule has 4 heteroatoms. The molecule has 1 aromatic rings. The first-order valence-electron chi connectivity index (χ1n) is 7.81. The van der Waals surface area contributed by atoms with E-state index in [1.54, 1.807) is 7.11 Å². The molecule has 0 amide bonds. The van der Waals surface area contributed by atoms with Crippen LogP contribution in [-0.2, 0) is 0 Å². The molecule has 1 fully saturated rings. The molecule has 0 aromatic heterocycles. The second-order valence-electron chi connectivity index (χ2n) is 6.05. The maximum absolute atomic E-state index is 9.70. The molecule has 118 valence electrons. The molecule has 21 heavy (non-hydrogen) atoms. The van der Waals surface area contributed by atoms with Crippen LogP contribution in [0.25, 0.3) is 0 Å². The Balaban J connectivity index is 1.78. The summed E-state index contributed by atoms with van der Waals surface area (Å²) in [6, 6.07) is 7.65. The summed E-state index contributed by atoms with van der Waals surface area (Å²) in [7, 11) is 1.64. The maximum atomic E-state index is 9.70. The van der Waals surface area contributed by atoms with Gasteiger partial charge in [0, 0.05) is 12.1 Å². The zero-order valence-corrected chi connectivity index (χ0v) is 13.1. The monoisotopic (exact) mass is 293 g/mol. The van der Waals surface area contributed by atoms with E-state index in [1.807, 2.05) is 24.3 Å². The number of ether oxygens (including phenoxy) is 2. The minimum Gasteiger partial charge on any atom is -0.493 e. The van der Waals surface area contributed by atoms with E-state index in [0.29, 0.717) is 6.61 Å². The minimum absolute atomic E-state index is 0.114. The Kier molecular flexibility index (Phi) is 5.88. The maximum Gasteiger partial charge on any atom is 0.161 e. The molecule has 0 spiro atoms. The molecule has 4 nitrogen and oxygen atoms in total. The molecule has 0 heterocycles. The SMILES string of the molecule is COc1ccccc1OCCNC1(CO)CCC(C)CC1. The summed E-state index contributed by atoms with van der Waals surface area (Å²) in [6.45, 7) is 3.78. The summed E-state index contributed by atoms with van der Waals surface area (Å²) in [5.74, 6) is 2.29. The van der Waals surface area contributed by atoms with Gasteiger partial charge in [-0.2, -0.15) is 0 Å². The van der Waals surface area contributed by atoms with E-state index in [1.165, 1.54) is 12.8 Å². The van der Waals surface area contributed by atoms with Crippen LogP contribution in [0.2, 0.25) is 0 Å². The molecular weight excluding hydrogens is 266 g/mol. The number of benzene rings is 1. The molecule has 2 rings (SSSR count). The normalized spacial score (nSPS) is 25.6. The Morgan fingerprint density at radius 3 is 2.52 bits per heavy atom. The van der Waals surface area contributed by atoms with Crippen LogP contribution in [0.5, 0.6) is 11.5 Å². The van der Waals surface area contributed by atoms with Crippen molar-refractivity contribution in [1.29, 1.82) is 0 Å². The third kappa shape index (κ3) is 4.35. The number of para-hydroxylation sites is 2. The molecule has 2 N–H and O–H groups in total. The molecule has 0 atom stereocenters. The van der Waals surface area contributed by atoms with Gasteiger partial charge in [-0.1, -0.05) is 19.1 Å². The van der Waals surface area contributed by atoms with Crippen molar-refractivity contribution in [3.05, 3.63) is 24.3 Å². The van der Waals surface area contributed by atoms with E-state index in [-0.39, 0.29) is 12.1 Å². The third-order valence-corrected chi connectivity index (χ3v) is 4.46. The van der Waals surface area contributed by atoms with E-state index in [2.05, 4.69) is 12.2 Å². The molecular formula is C17H27NO3. The van der Waals surface area contributed by atoms with Gasteiger partial charge in [0.25, 0.3) is 0 Å². The average molecular weight is 293 g/mol. The predicted molar refractivity (Wildman–Crippen MR) is 83.9 cm³/mol. The van der Waals surface area contributed by atoms with Crippen molar-refractivity contribution in [2.45, 2.75) is 38.1 Å². The second-order valence-corrected chi connectivity index (χ2v) is 6.05. The van der Waals surface area contributed by atoms with Gasteiger partial charge in [-0.3, -0.25) is 0 Å². The summed E-state index contributed by atoms with van der Waals surface area (Å²) in [6.07, 6.45) is 4.44. The third-order valence-electron chi connectivity index (χ3n) is 4.46. The van der Waals surface area contributed by atoms with Gasteiger partial charge < -0.3 is 19.9 Å². The standard InChI is InChI=1S/C17H27NO3/c1-14-7-9-17(13-19,10-8-14)18-11-12-21-16-6-4-3-5-15(16)20-2/h3-6,14,18-19H,7-13H2,1-2H3. The lowest BCUT2D eigenvalue weighted by Gasteiger charge is -2.39. The number of aliphatic hydroxyl groups is 1. The van der Waals surface area contributed by atoms with Crippen LogP contribution in [0.3, 0.4) is 0 Å². The summed E-state index contributed by atoms with van der Waals surface area (Å²) in [5.41, 5.74) is -0.114. The first-order chi connectivity index (χ1) is 10.2. The predicted octanol–water partition coefficient (Wildman–Crippen LogP) is 2.60. The lowest BCUT2D eigenvalue weighted by molar-refractivity contribution is 0.101. The van der Waals surface area contributed by atoms with Crippen molar-refractivity contribution in [3.63, 3.8) is 0 Å². The molecule has 1 saturated carbocycles. The first-order valence-corrected chi connectivity index (χ1v) is 7.81. The first kappa shape index (κ1) is 16.1. The van der Waals surface area contributed by atoms with E-state index in [9.17, 15) is 5.11 Å². The average Bonchev–Trinajstić information content (AvgIpc) is 2.54. The lowest BCUT2D eigenvalue weighted by atomic mass is 9.77. The summed E-state index contributed by atoms with van der Waals surface area (Å²) >= 11 is 0. The number of nitrogens with one attached hydrogen (secondary N) is 1. The highest BCUT2D eigenvalue weighted by Crippen LogP contribution is 2.31. The lowest BCUT2D eigenvalue weighted by Crippen LogP contribution is -2.51. The van der Waals surface area contributed by atoms with E-state index in [4.69, 9.17) is 9.47 Å². The molecule has 0 radical (unpaired) electrons. The van der Waals surface area contributed by atoms with Crippen molar-refractivity contribution in [2.24, 2.45) is 5.92 Å². The Hall–Kier alpha value is -1.26. The van der Waals surface area contributed by atoms with E-state index in [0.717, 1.165) is 36.8 Å². The molecule has 0 unspecified atom stereocenters. The molecule has 0 saturated heterocycles. The molecule has 1 aliphatic carbocycles. The second kappa shape index (κ2) is 7.66. The highest BCUT2D eigenvalue weighted by Gasteiger charge is 2.32. The van der Waals surface area contributed by atoms with Crippen molar-refractivity contribution < 1.29 is 14.6 Å². The van der Waals surface area contributed by atoms with Gasteiger partial charge in [0.15, 0.2) is 11.5 Å². The smallest absolute Gasteiger partial charge is 0.161 e. The molecule has 0 bridgehead atoms. The summed E-state index contributed by atoms with van der Waals surface area (Å²) < 4.78 is 11.0. The number of methoxy groups -OCH3 is 1. The molecule has 1 aliphatic rings. The van der Waals surface area contributed by atoms with E-state index < -0.39 is 0 Å². The fourth-order valence-corrected chi connectivity index (χ4v) is 2.92. The van der Waals surface area contributed by atoms with Crippen molar-refractivity contribution >= 4 is 0 Å². The van der Waals surface area contributed by atoms with Crippen LogP contribution in [0.1, 0.15) is 32.6 Å².